The Morgan fingerprint density at radius 1 is 1.19 bits per heavy atom. The molecule has 26 heavy (non-hydrogen) atoms. The number of nitrogens with zero attached hydrogens (tertiary/aromatic N) is 2. The summed E-state index contributed by atoms with van der Waals surface area (Å²) in [6.45, 7) is 1.39. The van der Waals surface area contributed by atoms with Gasteiger partial charge in [0.25, 0.3) is 0 Å². The molecule has 8 heteroatoms. The van der Waals surface area contributed by atoms with Crippen LogP contribution in [0, 0.1) is 5.92 Å². The summed E-state index contributed by atoms with van der Waals surface area (Å²) in [6.07, 6.45) is 7.39. The second kappa shape index (κ2) is 9.14. The van der Waals surface area contributed by atoms with Crippen LogP contribution in [-0.4, -0.2) is 58.1 Å². The van der Waals surface area contributed by atoms with Gasteiger partial charge in [0.2, 0.25) is 11.8 Å². The molecule has 2 fully saturated rings. The standard InChI is InChI=1S/C18H28N4O4/c23-16-12-26-11-15(16)21-18(25)13-4-6-14(7-5-13)20-17(24)3-1-9-22-10-2-8-19-22/h2,8,10,13-16,23H,1,3-7,9,11-12H2,(H,20,24)(H,21,25)/t13?,14?,15-,16-/m0/s1. The highest BCUT2D eigenvalue weighted by atomic mass is 16.5. The van der Waals surface area contributed by atoms with Crippen molar-refractivity contribution < 1.29 is 19.4 Å². The third kappa shape index (κ3) is 5.28. The predicted molar refractivity (Wildman–Crippen MR) is 94.1 cm³/mol. The van der Waals surface area contributed by atoms with E-state index in [4.69, 9.17) is 4.74 Å². The molecule has 3 rings (SSSR count). The lowest BCUT2D eigenvalue weighted by atomic mass is 9.85. The molecule has 0 bridgehead atoms. The van der Waals surface area contributed by atoms with Crippen molar-refractivity contribution in [2.45, 2.75) is 63.3 Å². The summed E-state index contributed by atoms with van der Waals surface area (Å²) in [5, 5.41) is 19.8. The van der Waals surface area contributed by atoms with Crippen LogP contribution in [0.2, 0.25) is 0 Å². The van der Waals surface area contributed by atoms with E-state index in [1.165, 1.54) is 0 Å². The molecule has 8 nitrogen and oxygen atoms in total. The number of aliphatic hydroxyl groups is 1. The number of carbonyl (C=O) groups is 2. The van der Waals surface area contributed by atoms with Gasteiger partial charge in [0.05, 0.1) is 25.4 Å². The highest BCUT2D eigenvalue weighted by Crippen LogP contribution is 2.25. The van der Waals surface area contributed by atoms with Crippen LogP contribution in [-0.2, 0) is 20.9 Å². The minimum absolute atomic E-state index is 0.0106. The normalized spacial score (nSPS) is 28.7. The van der Waals surface area contributed by atoms with E-state index < -0.39 is 6.10 Å². The van der Waals surface area contributed by atoms with Crippen molar-refractivity contribution in [1.29, 1.82) is 0 Å². The van der Waals surface area contributed by atoms with Gasteiger partial charge in [0.15, 0.2) is 0 Å². The maximum absolute atomic E-state index is 12.3. The minimum atomic E-state index is -0.615. The Balaban J connectivity index is 1.31. The molecule has 2 amide bonds. The fourth-order valence-electron chi connectivity index (χ4n) is 3.62. The first kappa shape index (κ1) is 18.8. The zero-order valence-corrected chi connectivity index (χ0v) is 15.0. The van der Waals surface area contributed by atoms with Crippen LogP contribution in [0.25, 0.3) is 0 Å². The van der Waals surface area contributed by atoms with Crippen LogP contribution in [0.3, 0.4) is 0 Å². The van der Waals surface area contributed by atoms with Crippen LogP contribution in [0.1, 0.15) is 38.5 Å². The Bertz CT molecular complexity index is 584. The summed E-state index contributed by atoms with van der Waals surface area (Å²) in [6, 6.07) is 1.72. The number of hydrogen-bond donors (Lipinski definition) is 3. The first-order valence-corrected chi connectivity index (χ1v) is 9.45. The molecule has 1 saturated carbocycles. The van der Waals surface area contributed by atoms with E-state index >= 15 is 0 Å². The Morgan fingerprint density at radius 2 is 2.00 bits per heavy atom. The van der Waals surface area contributed by atoms with Crippen LogP contribution in [0.4, 0.5) is 0 Å². The number of ether oxygens (including phenoxy) is 1. The number of rotatable bonds is 7. The Labute approximate surface area is 153 Å². The van der Waals surface area contributed by atoms with E-state index in [2.05, 4.69) is 15.7 Å². The molecule has 1 saturated heterocycles. The largest absolute Gasteiger partial charge is 0.388 e. The van der Waals surface area contributed by atoms with Gasteiger partial charge in [-0.05, 0) is 38.2 Å². The van der Waals surface area contributed by atoms with Crippen molar-refractivity contribution >= 4 is 11.8 Å². The van der Waals surface area contributed by atoms with Crippen molar-refractivity contribution in [3.8, 4) is 0 Å². The van der Waals surface area contributed by atoms with Gasteiger partial charge in [-0.2, -0.15) is 5.10 Å². The molecule has 1 aliphatic carbocycles. The van der Waals surface area contributed by atoms with Crippen molar-refractivity contribution in [3.63, 3.8) is 0 Å². The average molecular weight is 364 g/mol. The SMILES string of the molecule is O=C(CCCn1cccn1)NC1CCC(C(=O)N[C@H]2COC[C@@H]2O)CC1. The van der Waals surface area contributed by atoms with Gasteiger partial charge in [-0.3, -0.25) is 14.3 Å². The first-order valence-electron chi connectivity index (χ1n) is 9.45. The number of aliphatic hydroxyl groups excluding tert-OH is 1. The molecule has 1 aromatic rings. The van der Waals surface area contributed by atoms with Crippen LogP contribution >= 0.6 is 0 Å². The number of aromatic nitrogens is 2. The van der Waals surface area contributed by atoms with Crippen molar-refractivity contribution in [2.75, 3.05) is 13.2 Å². The van der Waals surface area contributed by atoms with Crippen molar-refractivity contribution in [1.82, 2.24) is 20.4 Å². The van der Waals surface area contributed by atoms with Gasteiger partial charge in [0.1, 0.15) is 0 Å². The zero-order chi connectivity index (χ0) is 18.4. The van der Waals surface area contributed by atoms with Crippen LogP contribution in [0.5, 0.6) is 0 Å². The molecule has 0 aromatic carbocycles. The average Bonchev–Trinajstić information content (AvgIpc) is 3.28. The number of carbonyl (C=O) groups excluding carboxylic acids is 2. The highest BCUT2D eigenvalue weighted by Gasteiger charge is 2.32. The summed E-state index contributed by atoms with van der Waals surface area (Å²) < 4.78 is 6.98. The van der Waals surface area contributed by atoms with Gasteiger partial charge in [0, 0.05) is 37.3 Å². The lowest BCUT2D eigenvalue weighted by molar-refractivity contribution is -0.127. The predicted octanol–water partition coefficient (Wildman–Crippen LogP) is 0.214. The molecule has 0 unspecified atom stereocenters. The van der Waals surface area contributed by atoms with Gasteiger partial charge in [-0.1, -0.05) is 0 Å². The molecule has 144 valence electrons. The molecule has 0 radical (unpaired) electrons. The smallest absolute Gasteiger partial charge is 0.223 e. The molecule has 3 N–H and O–H groups in total. The van der Waals surface area contributed by atoms with Crippen LogP contribution < -0.4 is 10.6 Å². The second-order valence-corrected chi connectivity index (χ2v) is 7.21. The van der Waals surface area contributed by atoms with Crippen LogP contribution in [0.15, 0.2) is 18.5 Å². The molecular formula is C18H28N4O4. The molecule has 1 aromatic heterocycles. The first-order chi connectivity index (χ1) is 12.6. The second-order valence-electron chi connectivity index (χ2n) is 7.21. The monoisotopic (exact) mass is 364 g/mol. The van der Waals surface area contributed by atoms with E-state index in [0.717, 1.165) is 38.6 Å². The van der Waals surface area contributed by atoms with Gasteiger partial charge >= 0.3 is 0 Å². The number of amides is 2. The summed E-state index contributed by atoms with van der Waals surface area (Å²) in [7, 11) is 0. The lowest BCUT2D eigenvalue weighted by Crippen LogP contribution is -2.47. The molecule has 1 aliphatic heterocycles. The number of nitrogens with one attached hydrogen (secondary N) is 2. The third-order valence-electron chi connectivity index (χ3n) is 5.19. The van der Waals surface area contributed by atoms with E-state index in [1.54, 1.807) is 6.20 Å². The fraction of sp³-hybridized carbons (Fsp3) is 0.722. The molecular weight excluding hydrogens is 336 g/mol. The summed E-state index contributed by atoms with van der Waals surface area (Å²) in [4.78, 5) is 24.4. The zero-order valence-electron chi connectivity index (χ0n) is 15.0. The van der Waals surface area contributed by atoms with E-state index in [9.17, 15) is 14.7 Å². The van der Waals surface area contributed by atoms with Crippen molar-refractivity contribution in [3.05, 3.63) is 18.5 Å². The van der Waals surface area contributed by atoms with E-state index in [0.29, 0.717) is 13.0 Å². The topological polar surface area (TPSA) is 105 Å². The van der Waals surface area contributed by atoms with E-state index in [-0.39, 0.29) is 36.4 Å². The summed E-state index contributed by atoms with van der Waals surface area (Å²) >= 11 is 0. The van der Waals surface area contributed by atoms with Gasteiger partial charge in [-0.15, -0.1) is 0 Å². The summed E-state index contributed by atoms with van der Waals surface area (Å²) in [5.41, 5.74) is 0. The Kier molecular flexibility index (Phi) is 6.62. The molecule has 2 atom stereocenters. The van der Waals surface area contributed by atoms with Crippen molar-refractivity contribution in [2.24, 2.45) is 5.92 Å². The van der Waals surface area contributed by atoms with E-state index in [1.807, 2.05) is 16.9 Å². The highest BCUT2D eigenvalue weighted by molar-refractivity contribution is 5.79. The van der Waals surface area contributed by atoms with Gasteiger partial charge in [-0.25, -0.2) is 0 Å². The Hall–Kier alpha value is -1.93. The number of aryl methyl sites for hydroxylation is 1. The fourth-order valence-corrected chi connectivity index (χ4v) is 3.62. The maximum Gasteiger partial charge on any atom is 0.223 e. The molecule has 2 heterocycles. The maximum atomic E-state index is 12.3. The third-order valence-corrected chi connectivity index (χ3v) is 5.19. The lowest BCUT2D eigenvalue weighted by Gasteiger charge is -2.29. The van der Waals surface area contributed by atoms with Gasteiger partial charge < -0.3 is 20.5 Å². The molecule has 2 aliphatic rings. The number of hydrogen-bond acceptors (Lipinski definition) is 5. The quantitative estimate of drug-likeness (QED) is 0.642. The summed E-state index contributed by atoms with van der Waals surface area (Å²) in [5.74, 6) is 0.00982. The molecule has 0 spiro atoms. The minimum Gasteiger partial charge on any atom is -0.388 e. The Morgan fingerprint density at radius 3 is 2.65 bits per heavy atom.